The van der Waals surface area contributed by atoms with Crippen molar-refractivity contribution >= 4 is 45.0 Å². The minimum Gasteiger partial charge on any atom is -0.426 e. The summed E-state index contributed by atoms with van der Waals surface area (Å²) in [5, 5.41) is 1.10. The van der Waals surface area contributed by atoms with Gasteiger partial charge in [0.1, 0.15) is 4.88 Å². The Labute approximate surface area is 199 Å². The van der Waals surface area contributed by atoms with Crippen LogP contribution in [0.5, 0.6) is 0 Å². The molecule has 2 aromatic rings. The second-order valence-electron chi connectivity index (χ2n) is 8.36. The highest BCUT2D eigenvalue weighted by molar-refractivity contribution is 7.21. The summed E-state index contributed by atoms with van der Waals surface area (Å²) in [5.74, 6) is -0.270. The summed E-state index contributed by atoms with van der Waals surface area (Å²) in [5.41, 5.74) is -0.652. The number of thiophene rings is 1. The standard InChI is InChI=1S/C21H19ClF6N2O3S/c22-14-12-4-1-2-5-13(12)34-15(14)16(31)30-9-3-6-19(30)7-10-29(11-8-19)18(32)33-17(20(23,24)25)21(26,27)28/h1-2,4-5,17H,3,6-11H2. The van der Waals surface area contributed by atoms with Gasteiger partial charge < -0.3 is 14.5 Å². The zero-order valence-corrected chi connectivity index (χ0v) is 19.1. The van der Waals surface area contributed by atoms with Crippen LogP contribution in [0.3, 0.4) is 0 Å². The third-order valence-electron chi connectivity index (χ3n) is 6.34. The molecule has 1 spiro atoms. The Bertz CT molecular complexity index is 1080. The quantitative estimate of drug-likeness (QED) is 0.433. The van der Waals surface area contributed by atoms with E-state index in [0.29, 0.717) is 29.3 Å². The molecule has 186 valence electrons. The van der Waals surface area contributed by atoms with E-state index in [1.54, 1.807) is 4.90 Å². The predicted octanol–water partition coefficient (Wildman–Crippen LogP) is 6.26. The molecule has 0 aliphatic carbocycles. The number of amides is 2. The summed E-state index contributed by atoms with van der Waals surface area (Å²) in [7, 11) is 0. The van der Waals surface area contributed by atoms with Crippen LogP contribution < -0.4 is 0 Å². The maximum Gasteiger partial charge on any atom is 0.434 e. The van der Waals surface area contributed by atoms with Gasteiger partial charge in [0, 0.05) is 35.3 Å². The summed E-state index contributed by atoms with van der Waals surface area (Å²) in [6.45, 7) is 0.175. The fraction of sp³-hybridized carbons (Fsp3) is 0.524. The largest absolute Gasteiger partial charge is 0.434 e. The molecule has 0 unspecified atom stereocenters. The van der Waals surface area contributed by atoms with Crippen molar-refractivity contribution in [3.63, 3.8) is 0 Å². The van der Waals surface area contributed by atoms with Crippen LogP contribution in [-0.2, 0) is 4.74 Å². The highest BCUT2D eigenvalue weighted by atomic mass is 35.5. The van der Waals surface area contributed by atoms with Crippen molar-refractivity contribution in [1.82, 2.24) is 9.80 Å². The highest BCUT2D eigenvalue weighted by Gasteiger charge is 2.60. The third-order valence-corrected chi connectivity index (χ3v) is 8.00. The number of alkyl halides is 6. The normalized spacial score (nSPS) is 18.8. The maximum absolute atomic E-state index is 13.4. The van der Waals surface area contributed by atoms with E-state index in [1.165, 1.54) is 11.3 Å². The lowest BCUT2D eigenvalue weighted by Gasteiger charge is -2.44. The number of ether oxygens (including phenoxy) is 1. The minimum atomic E-state index is -5.77. The average Bonchev–Trinajstić information content (AvgIpc) is 3.32. The van der Waals surface area contributed by atoms with Gasteiger partial charge in [-0.15, -0.1) is 11.3 Å². The van der Waals surface area contributed by atoms with Crippen molar-refractivity contribution < 1.29 is 40.7 Å². The minimum absolute atomic E-state index is 0.134. The second-order valence-corrected chi connectivity index (χ2v) is 9.79. The van der Waals surface area contributed by atoms with Gasteiger partial charge in [0.15, 0.2) is 0 Å². The molecule has 2 amide bonds. The number of rotatable bonds is 2. The van der Waals surface area contributed by atoms with Gasteiger partial charge in [-0.3, -0.25) is 4.79 Å². The van der Waals surface area contributed by atoms with Crippen molar-refractivity contribution in [3.8, 4) is 0 Å². The monoisotopic (exact) mass is 528 g/mol. The summed E-state index contributed by atoms with van der Waals surface area (Å²) in [6.07, 6.45) is -15.7. The molecular weight excluding hydrogens is 510 g/mol. The SMILES string of the molecule is O=C(OC(C(F)(F)F)C(F)(F)F)N1CCC2(CCCN2C(=O)c2sc3ccccc3c2Cl)CC1. The molecular formula is C21H19ClF6N2O3S. The summed E-state index contributed by atoms with van der Waals surface area (Å²) < 4.78 is 81.0. The summed E-state index contributed by atoms with van der Waals surface area (Å²) in [6, 6.07) is 7.30. The number of hydrogen-bond acceptors (Lipinski definition) is 4. The number of likely N-dealkylation sites (tertiary alicyclic amines) is 2. The fourth-order valence-electron chi connectivity index (χ4n) is 4.65. The molecule has 0 atom stereocenters. The first-order valence-electron chi connectivity index (χ1n) is 10.4. The molecule has 1 aromatic carbocycles. The predicted molar refractivity (Wildman–Crippen MR) is 113 cm³/mol. The van der Waals surface area contributed by atoms with Crippen LogP contribution in [0.4, 0.5) is 31.1 Å². The van der Waals surface area contributed by atoms with Gasteiger partial charge in [-0.05, 0) is 31.7 Å². The van der Waals surface area contributed by atoms with Crippen molar-refractivity contribution in [2.24, 2.45) is 0 Å². The van der Waals surface area contributed by atoms with Crippen LogP contribution in [0, 0.1) is 0 Å². The van der Waals surface area contributed by atoms with Crippen LogP contribution in [0.25, 0.3) is 10.1 Å². The van der Waals surface area contributed by atoms with Crippen molar-refractivity contribution in [1.29, 1.82) is 0 Å². The number of carbonyl (C=O) groups excluding carboxylic acids is 2. The van der Waals surface area contributed by atoms with Gasteiger partial charge in [-0.1, -0.05) is 29.8 Å². The van der Waals surface area contributed by atoms with Gasteiger partial charge in [0.05, 0.1) is 5.02 Å². The molecule has 2 aliphatic rings. The van der Waals surface area contributed by atoms with Crippen LogP contribution in [0.2, 0.25) is 5.02 Å². The molecule has 4 rings (SSSR count). The van der Waals surface area contributed by atoms with E-state index in [-0.39, 0.29) is 31.8 Å². The van der Waals surface area contributed by atoms with E-state index < -0.39 is 30.1 Å². The molecule has 3 heterocycles. The van der Waals surface area contributed by atoms with E-state index in [1.807, 2.05) is 24.3 Å². The van der Waals surface area contributed by atoms with Crippen LogP contribution in [-0.4, -0.2) is 65.4 Å². The first-order chi connectivity index (χ1) is 15.8. The second kappa shape index (κ2) is 8.78. The van der Waals surface area contributed by atoms with E-state index in [2.05, 4.69) is 4.74 Å². The summed E-state index contributed by atoms with van der Waals surface area (Å²) in [4.78, 5) is 28.4. The van der Waals surface area contributed by atoms with Crippen molar-refractivity contribution in [2.45, 2.75) is 49.7 Å². The lowest BCUT2D eigenvalue weighted by molar-refractivity contribution is -0.308. The van der Waals surface area contributed by atoms with E-state index in [9.17, 15) is 35.9 Å². The zero-order chi connectivity index (χ0) is 24.9. The number of fused-ring (bicyclic) bond motifs is 1. The molecule has 5 nitrogen and oxygen atoms in total. The number of halogens is 7. The Morgan fingerprint density at radius 1 is 1.00 bits per heavy atom. The average molecular weight is 529 g/mol. The molecule has 34 heavy (non-hydrogen) atoms. The molecule has 0 bridgehead atoms. The van der Waals surface area contributed by atoms with Gasteiger partial charge in [0.25, 0.3) is 12.0 Å². The summed E-state index contributed by atoms with van der Waals surface area (Å²) >= 11 is 7.72. The maximum atomic E-state index is 13.4. The van der Waals surface area contributed by atoms with Gasteiger partial charge in [0.2, 0.25) is 0 Å². The van der Waals surface area contributed by atoms with Crippen LogP contribution in [0.15, 0.2) is 24.3 Å². The Hall–Kier alpha value is -2.21. The molecule has 2 aliphatic heterocycles. The molecule has 2 fully saturated rings. The first-order valence-corrected chi connectivity index (χ1v) is 11.6. The van der Waals surface area contributed by atoms with E-state index in [4.69, 9.17) is 11.6 Å². The van der Waals surface area contributed by atoms with Gasteiger partial charge in [-0.2, -0.15) is 26.3 Å². The number of hydrogen-bond donors (Lipinski definition) is 0. The Kier molecular flexibility index (Phi) is 6.43. The van der Waals surface area contributed by atoms with Gasteiger partial charge >= 0.3 is 18.4 Å². The third kappa shape index (κ3) is 4.53. The zero-order valence-electron chi connectivity index (χ0n) is 17.5. The van der Waals surface area contributed by atoms with E-state index in [0.717, 1.165) is 15.0 Å². The molecule has 2 saturated heterocycles. The topological polar surface area (TPSA) is 49.9 Å². The number of benzene rings is 1. The number of nitrogens with zero attached hydrogens (tertiary/aromatic N) is 2. The Morgan fingerprint density at radius 2 is 1.62 bits per heavy atom. The molecule has 13 heteroatoms. The molecule has 0 radical (unpaired) electrons. The molecule has 0 saturated carbocycles. The Morgan fingerprint density at radius 3 is 2.21 bits per heavy atom. The lowest BCUT2D eigenvalue weighted by Crippen LogP contribution is -2.56. The number of carbonyl (C=O) groups is 2. The van der Waals surface area contributed by atoms with E-state index >= 15 is 0 Å². The van der Waals surface area contributed by atoms with Crippen LogP contribution >= 0.6 is 22.9 Å². The smallest absolute Gasteiger partial charge is 0.426 e. The molecule has 0 N–H and O–H groups in total. The van der Waals surface area contributed by atoms with Crippen molar-refractivity contribution in [3.05, 3.63) is 34.2 Å². The fourth-order valence-corrected chi connectivity index (χ4v) is 6.11. The van der Waals surface area contributed by atoms with Crippen molar-refractivity contribution in [2.75, 3.05) is 19.6 Å². The Balaban J connectivity index is 1.47. The van der Waals surface area contributed by atoms with Crippen LogP contribution in [0.1, 0.15) is 35.4 Å². The highest BCUT2D eigenvalue weighted by Crippen LogP contribution is 2.43. The lowest BCUT2D eigenvalue weighted by atomic mass is 9.85. The molecule has 1 aromatic heterocycles. The number of piperidine rings is 1. The van der Waals surface area contributed by atoms with Gasteiger partial charge in [-0.25, -0.2) is 4.79 Å². The first kappa shape index (κ1) is 24.9.